The van der Waals surface area contributed by atoms with E-state index in [0.29, 0.717) is 31.0 Å². The van der Waals surface area contributed by atoms with Crippen LogP contribution in [0.3, 0.4) is 0 Å². The minimum absolute atomic E-state index is 0.0580. The maximum atomic E-state index is 13.5. The average molecular weight is 578 g/mol. The van der Waals surface area contributed by atoms with Gasteiger partial charge in [0.25, 0.3) is 0 Å². The molecule has 0 radical (unpaired) electrons. The van der Waals surface area contributed by atoms with Crippen molar-refractivity contribution in [3.05, 3.63) is 65.4 Å². The molecule has 10 heteroatoms. The number of para-hydroxylation sites is 1. The van der Waals surface area contributed by atoms with Crippen molar-refractivity contribution in [2.75, 3.05) is 29.5 Å². The van der Waals surface area contributed by atoms with Crippen molar-refractivity contribution in [1.82, 2.24) is 15.1 Å². The molecule has 8 nitrogen and oxygen atoms in total. The number of carbonyl (C=O) groups excluding carboxylic acids is 1. The summed E-state index contributed by atoms with van der Waals surface area (Å²) in [4.78, 5) is 15.6. The Kier molecular flexibility index (Phi) is 7.09. The average Bonchev–Trinajstić information content (AvgIpc) is 3.60. The summed E-state index contributed by atoms with van der Waals surface area (Å²) >= 11 is 6.55. The number of halogens is 1. The van der Waals surface area contributed by atoms with E-state index in [-0.39, 0.29) is 29.2 Å². The maximum Gasteiger partial charge on any atom is 0.225 e. The molecular formula is C30H32ClN5O3S. The Labute approximate surface area is 239 Å². The summed E-state index contributed by atoms with van der Waals surface area (Å²) in [5.41, 5.74) is 3.82. The zero-order chi connectivity index (χ0) is 27.9. The second kappa shape index (κ2) is 10.6. The second-order valence-corrected chi connectivity index (χ2v) is 13.9. The molecule has 2 aromatic carbocycles. The summed E-state index contributed by atoms with van der Waals surface area (Å²) in [6.07, 6.45) is 6.96. The number of nitrogens with one attached hydrogen (secondary N) is 1. The minimum Gasteiger partial charge on any atom is -0.369 e. The Morgan fingerprint density at radius 2 is 1.75 bits per heavy atom. The molecule has 0 spiro atoms. The summed E-state index contributed by atoms with van der Waals surface area (Å²) in [6.45, 7) is 0.973. The Bertz CT molecular complexity index is 1560. The number of anilines is 1. The highest BCUT2D eigenvalue weighted by Crippen LogP contribution is 2.43. The number of rotatable bonds is 6. The van der Waals surface area contributed by atoms with Crippen LogP contribution >= 0.6 is 11.6 Å². The Morgan fingerprint density at radius 3 is 2.42 bits per heavy atom. The van der Waals surface area contributed by atoms with Crippen LogP contribution < -0.4 is 10.2 Å². The lowest BCUT2D eigenvalue weighted by molar-refractivity contribution is -0.127. The van der Waals surface area contributed by atoms with Gasteiger partial charge in [-0.15, -0.1) is 0 Å². The van der Waals surface area contributed by atoms with Crippen LogP contribution in [-0.2, 0) is 14.6 Å². The van der Waals surface area contributed by atoms with Crippen LogP contribution in [0.2, 0.25) is 5.02 Å². The SMILES string of the molecule is N#CC1(NC(=O)[C@@H]2CCCC[C@H]2c2nn(-c3ccccc3Cl)cc2-c2ccc(N3CCS(=O)(=O)CC3)cc2)CC1. The predicted octanol–water partition coefficient (Wildman–Crippen LogP) is 4.87. The highest BCUT2D eigenvalue weighted by atomic mass is 35.5. The van der Waals surface area contributed by atoms with Gasteiger partial charge in [-0.05, 0) is 55.5 Å². The van der Waals surface area contributed by atoms with E-state index >= 15 is 0 Å². The van der Waals surface area contributed by atoms with Crippen LogP contribution in [0.5, 0.6) is 0 Å². The zero-order valence-corrected chi connectivity index (χ0v) is 23.8. The molecule has 2 atom stereocenters. The number of benzene rings is 2. The van der Waals surface area contributed by atoms with Crippen LogP contribution in [0.1, 0.15) is 50.1 Å². The summed E-state index contributed by atoms with van der Waals surface area (Å²) in [6, 6.07) is 18.0. The van der Waals surface area contributed by atoms with Crippen LogP contribution in [-0.4, -0.2) is 54.2 Å². The number of carbonyl (C=O) groups is 1. The first kappa shape index (κ1) is 26.9. The lowest BCUT2D eigenvalue weighted by Gasteiger charge is -2.31. The van der Waals surface area contributed by atoms with Crippen molar-refractivity contribution in [3.8, 4) is 22.9 Å². The molecule has 208 valence electrons. The van der Waals surface area contributed by atoms with E-state index in [0.717, 1.165) is 53.9 Å². The van der Waals surface area contributed by atoms with Gasteiger partial charge in [0.2, 0.25) is 5.91 Å². The van der Waals surface area contributed by atoms with E-state index in [1.54, 1.807) is 4.68 Å². The van der Waals surface area contributed by atoms with E-state index in [1.807, 2.05) is 54.7 Å². The standard InChI is InChI=1S/C30H32ClN5O3S/c31-26-7-3-4-8-27(26)36-19-25(21-9-11-22(12-10-21)35-15-17-40(38,39)18-16-35)28(34-36)23-5-1-2-6-24(23)29(37)33-30(20-32)13-14-30/h3-4,7-12,19,23-24H,1-2,5-6,13-18H2,(H,33,37)/t23-,24-/m1/s1. The smallest absolute Gasteiger partial charge is 0.225 e. The van der Waals surface area contributed by atoms with E-state index < -0.39 is 15.4 Å². The van der Waals surface area contributed by atoms with Crippen LogP contribution in [0.15, 0.2) is 54.7 Å². The largest absolute Gasteiger partial charge is 0.369 e. The molecule has 3 fully saturated rings. The normalized spacial score (nSPS) is 23.2. The van der Waals surface area contributed by atoms with Crippen molar-refractivity contribution in [2.45, 2.75) is 50.0 Å². The van der Waals surface area contributed by atoms with Crippen molar-refractivity contribution in [3.63, 3.8) is 0 Å². The first-order valence-corrected chi connectivity index (χ1v) is 16.1. The third-order valence-electron chi connectivity index (χ3n) is 8.51. The van der Waals surface area contributed by atoms with Gasteiger partial charge in [0.15, 0.2) is 9.84 Å². The highest BCUT2D eigenvalue weighted by Gasteiger charge is 2.47. The number of sulfone groups is 1. The van der Waals surface area contributed by atoms with Gasteiger partial charge in [-0.1, -0.05) is 48.7 Å². The molecule has 3 aromatic rings. The van der Waals surface area contributed by atoms with E-state index in [1.165, 1.54) is 0 Å². The van der Waals surface area contributed by atoms with Crippen molar-refractivity contribution < 1.29 is 13.2 Å². The topological polar surface area (TPSA) is 108 Å². The summed E-state index contributed by atoms with van der Waals surface area (Å²) in [5.74, 6) is -0.0717. The number of nitriles is 1. The molecule has 1 aromatic heterocycles. The molecule has 0 unspecified atom stereocenters. The van der Waals surface area contributed by atoms with Crippen LogP contribution in [0.4, 0.5) is 5.69 Å². The van der Waals surface area contributed by atoms with Gasteiger partial charge in [0, 0.05) is 42.4 Å². The first-order valence-electron chi connectivity index (χ1n) is 13.9. The number of amides is 1. The predicted molar refractivity (Wildman–Crippen MR) is 155 cm³/mol. The van der Waals surface area contributed by atoms with E-state index in [4.69, 9.17) is 16.7 Å². The molecule has 3 aliphatic rings. The number of nitrogens with zero attached hydrogens (tertiary/aromatic N) is 4. The molecule has 1 saturated heterocycles. The molecule has 40 heavy (non-hydrogen) atoms. The van der Waals surface area contributed by atoms with Crippen LogP contribution in [0, 0.1) is 17.2 Å². The molecule has 2 heterocycles. The van der Waals surface area contributed by atoms with Crippen molar-refractivity contribution >= 4 is 33.0 Å². The number of hydrogen-bond donors (Lipinski definition) is 1. The number of hydrogen-bond acceptors (Lipinski definition) is 6. The maximum absolute atomic E-state index is 13.5. The zero-order valence-electron chi connectivity index (χ0n) is 22.2. The van der Waals surface area contributed by atoms with Gasteiger partial charge in [-0.3, -0.25) is 4.79 Å². The molecule has 1 N–H and O–H groups in total. The number of aromatic nitrogens is 2. The fraction of sp³-hybridized carbons (Fsp3) is 0.433. The Hall–Kier alpha value is -3.35. The molecule has 1 aliphatic heterocycles. The Morgan fingerprint density at radius 1 is 1.05 bits per heavy atom. The monoisotopic (exact) mass is 577 g/mol. The van der Waals surface area contributed by atoms with Gasteiger partial charge >= 0.3 is 0 Å². The molecule has 1 amide bonds. The molecule has 2 aliphatic carbocycles. The molecule has 2 saturated carbocycles. The van der Waals surface area contributed by atoms with E-state index in [2.05, 4.69) is 16.3 Å². The van der Waals surface area contributed by atoms with Gasteiger partial charge in [-0.25, -0.2) is 13.1 Å². The molecular weight excluding hydrogens is 546 g/mol. The quantitative estimate of drug-likeness (QED) is 0.448. The Balaban J connectivity index is 1.36. The van der Waals surface area contributed by atoms with Crippen LogP contribution in [0.25, 0.3) is 16.8 Å². The molecule has 6 rings (SSSR count). The van der Waals surface area contributed by atoms with Gasteiger partial charge in [0.05, 0.1) is 34.0 Å². The first-order chi connectivity index (χ1) is 19.3. The highest BCUT2D eigenvalue weighted by molar-refractivity contribution is 7.91. The lowest BCUT2D eigenvalue weighted by atomic mass is 9.75. The van der Waals surface area contributed by atoms with Crippen molar-refractivity contribution in [2.24, 2.45) is 5.92 Å². The summed E-state index contributed by atoms with van der Waals surface area (Å²) in [5, 5.41) is 18.2. The summed E-state index contributed by atoms with van der Waals surface area (Å²) in [7, 11) is -2.96. The summed E-state index contributed by atoms with van der Waals surface area (Å²) < 4.78 is 25.6. The van der Waals surface area contributed by atoms with Gasteiger partial charge in [-0.2, -0.15) is 10.4 Å². The lowest BCUT2D eigenvalue weighted by Crippen LogP contribution is -2.42. The van der Waals surface area contributed by atoms with E-state index in [9.17, 15) is 18.5 Å². The third kappa shape index (κ3) is 5.35. The fourth-order valence-electron chi connectivity index (χ4n) is 5.96. The minimum atomic E-state index is -2.96. The van der Waals surface area contributed by atoms with Gasteiger partial charge in [0.1, 0.15) is 5.54 Å². The fourth-order valence-corrected chi connectivity index (χ4v) is 7.38. The second-order valence-electron chi connectivity index (χ2n) is 11.2. The molecule has 0 bridgehead atoms. The van der Waals surface area contributed by atoms with Crippen molar-refractivity contribution in [1.29, 1.82) is 5.26 Å². The van der Waals surface area contributed by atoms with Gasteiger partial charge < -0.3 is 10.2 Å². The third-order valence-corrected chi connectivity index (χ3v) is 10.4.